The van der Waals surface area contributed by atoms with Crippen LogP contribution in [0.25, 0.3) is 0 Å². The molecular formula is C11H18F2. The molecule has 0 saturated heterocycles. The molecule has 0 fully saturated rings. The minimum Gasteiger partial charge on any atom is -0.243 e. The number of hydrogen-bond acceptors (Lipinski definition) is 0. The van der Waals surface area contributed by atoms with Crippen LogP contribution in [0.5, 0.6) is 0 Å². The molecule has 1 atom stereocenters. The van der Waals surface area contributed by atoms with Gasteiger partial charge in [0.25, 0.3) is 0 Å². The average Bonchev–Trinajstić information content (AvgIpc) is 2.13. The van der Waals surface area contributed by atoms with Crippen LogP contribution in [0.3, 0.4) is 0 Å². The van der Waals surface area contributed by atoms with Crippen LogP contribution >= 0.6 is 0 Å². The van der Waals surface area contributed by atoms with Gasteiger partial charge in [-0.25, -0.2) is 8.78 Å². The highest BCUT2D eigenvalue weighted by Crippen LogP contribution is 2.12. The van der Waals surface area contributed by atoms with E-state index in [4.69, 9.17) is 0 Å². The quantitative estimate of drug-likeness (QED) is 0.563. The summed E-state index contributed by atoms with van der Waals surface area (Å²) in [5.41, 5.74) is 0.529. The molecule has 0 bridgehead atoms. The molecule has 0 radical (unpaired) electrons. The second kappa shape index (κ2) is 6.81. The molecule has 2 heteroatoms. The van der Waals surface area contributed by atoms with Crippen molar-refractivity contribution in [3.05, 3.63) is 23.6 Å². The zero-order valence-corrected chi connectivity index (χ0v) is 8.61. The van der Waals surface area contributed by atoms with Crippen LogP contribution in [-0.2, 0) is 0 Å². The van der Waals surface area contributed by atoms with Crippen LogP contribution in [0.1, 0.15) is 40.0 Å². The van der Waals surface area contributed by atoms with Crippen molar-refractivity contribution in [2.75, 3.05) is 0 Å². The van der Waals surface area contributed by atoms with Crippen molar-refractivity contribution >= 4 is 0 Å². The Bertz CT molecular complexity index is 192. The van der Waals surface area contributed by atoms with Crippen molar-refractivity contribution in [3.63, 3.8) is 0 Å². The Hall–Kier alpha value is -0.660. The normalized spacial score (nSPS) is 16.1. The van der Waals surface area contributed by atoms with Gasteiger partial charge in [-0.2, -0.15) is 0 Å². The minimum atomic E-state index is -0.940. The summed E-state index contributed by atoms with van der Waals surface area (Å²) in [5.74, 6) is -0.167. The van der Waals surface area contributed by atoms with Gasteiger partial charge in [0.05, 0.1) is 0 Å². The third-order valence-corrected chi connectivity index (χ3v) is 1.86. The van der Waals surface area contributed by atoms with Crippen LogP contribution in [0.15, 0.2) is 23.6 Å². The third kappa shape index (κ3) is 5.56. The molecule has 0 spiro atoms. The molecule has 0 aliphatic carbocycles. The molecule has 0 aliphatic heterocycles. The first-order valence-corrected chi connectivity index (χ1v) is 4.79. The summed E-state index contributed by atoms with van der Waals surface area (Å²) in [5, 5.41) is 0. The first kappa shape index (κ1) is 12.3. The lowest BCUT2D eigenvalue weighted by atomic mass is 10.1. The summed E-state index contributed by atoms with van der Waals surface area (Å²) < 4.78 is 25.8. The van der Waals surface area contributed by atoms with Crippen molar-refractivity contribution in [2.24, 2.45) is 0 Å². The van der Waals surface area contributed by atoms with Crippen molar-refractivity contribution in [3.8, 4) is 0 Å². The van der Waals surface area contributed by atoms with Gasteiger partial charge < -0.3 is 0 Å². The zero-order chi connectivity index (χ0) is 10.3. The molecule has 0 heterocycles. The Morgan fingerprint density at radius 1 is 1.38 bits per heavy atom. The highest BCUT2D eigenvalue weighted by atomic mass is 19.1. The standard InChI is InChI=1S/C11H18F2/c1-4-6-10(12)8-7-9(3)11(13)5-2/h7-8,10H,4-6H2,1-3H3/b8-7-,11-9+. The predicted molar refractivity (Wildman–Crippen MR) is 53.0 cm³/mol. The highest BCUT2D eigenvalue weighted by molar-refractivity contribution is 5.20. The zero-order valence-electron chi connectivity index (χ0n) is 8.61. The largest absolute Gasteiger partial charge is 0.243 e. The molecule has 0 amide bonds. The number of hydrogen-bond donors (Lipinski definition) is 0. The van der Waals surface area contributed by atoms with Gasteiger partial charge in [-0.1, -0.05) is 32.4 Å². The van der Waals surface area contributed by atoms with Gasteiger partial charge in [-0.15, -0.1) is 0 Å². The van der Waals surface area contributed by atoms with Gasteiger partial charge in [0, 0.05) is 0 Å². The molecule has 0 aromatic heterocycles. The van der Waals surface area contributed by atoms with Crippen LogP contribution in [-0.4, -0.2) is 6.17 Å². The summed E-state index contributed by atoms with van der Waals surface area (Å²) in [6, 6.07) is 0. The highest BCUT2D eigenvalue weighted by Gasteiger charge is 1.99. The van der Waals surface area contributed by atoms with Gasteiger partial charge in [-0.05, 0) is 25.3 Å². The second-order valence-electron chi connectivity index (χ2n) is 3.11. The van der Waals surface area contributed by atoms with Crippen molar-refractivity contribution in [1.82, 2.24) is 0 Å². The summed E-state index contributed by atoms with van der Waals surface area (Å²) >= 11 is 0. The summed E-state index contributed by atoms with van der Waals surface area (Å²) in [7, 11) is 0. The fourth-order valence-corrected chi connectivity index (χ4v) is 0.990. The van der Waals surface area contributed by atoms with E-state index in [1.165, 1.54) is 12.2 Å². The Morgan fingerprint density at radius 2 is 2.00 bits per heavy atom. The van der Waals surface area contributed by atoms with E-state index in [1.807, 2.05) is 6.92 Å². The van der Waals surface area contributed by atoms with Gasteiger partial charge in [0.15, 0.2) is 0 Å². The topological polar surface area (TPSA) is 0 Å². The van der Waals surface area contributed by atoms with Crippen LogP contribution in [0, 0.1) is 0 Å². The van der Waals surface area contributed by atoms with Crippen LogP contribution in [0.4, 0.5) is 8.78 Å². The summed E-state index contributed by atoms with van der Waals surface area (Å²) in [4.78, 5) is 0. The van der Waals surface area contributed by atoms with E-state index in [0.717, 1.165) is 6.42 Å². The Kier molecular flexibility index (Phi) is 6.47. The van der Waals surface area contributed by atoms with Gasteiger partial charge >= 0.3 is 0 Å². The molecule has 0 aromatic carbocycles. The van der Waals surface area contributed by atoms with E-state index < -0.39 is 6.17 Å². The SMILES string of the molecule is CCCC(F)/C=C\C(C)=C(\F)CC. The first-order valence-electron chi connectivity index (χ1n) is 4.79. The number of halogens is 2. The third-order valence-electron chi connectivity index (χ3n) is 1.86. The van der Waals surface area contributed by atoms with E-state index in [-0.39, 0.29) is 5.83 Å². The molecule has 13 heavy (non-hydrogen) atoms. The van der Waals surface area contributed by atoms with Crippen LogP contribution in [0.2, 0.25) is 0 Å². The maximum absolute atomic E-state index is 12.9. The maximum Gasteiger partial charge on any atom is 0.119 e. The average molecular weight is 188 g/mol. The molecule has 0 N–H and O–H groups in total. The van der Waals surface area contributed by atoms with Gasteiger partial charge in [0.2, 0.25) is 0 Å². The molecule has 0 aliphatic rings. The minimum absolute atomic E-state index is 0.167. The lowest BCUT2D eigenvalue weighted by Gasteiger charge is -1.99. The van der Waals surface area contributed by atoms with E-state index in [9.17, 15) is 8.78 Å². The van der Waals surface area contributed by atoms with Crippen molar-refractivity contribution in [2.45, 2.75) is 46.2 Å². The van der Waals surface area contributed by atoms with E-state index in [1.54, 1.807) is 13.8 Å². The van der Waals surface area contributed by atoms with Crippen molar-refractivity contribution < 1.29 is 8.78 Å². The van der Waals surface area contributed by atoms with Crippen LogP contribution < -0.4 is 0 Å². The predicted octanol–water partition coefficient (Wildman–Crippen LogP) is 4.33. The molecule has 0 nitrogen and oxygen atoms in total. The number of alkyl halides is 1. The molecular weight excluding hydrogens is 170 g/mol. The van der Waals surface area contributed by atoms with E-state index in [2.05, 4.69) is 0 Å². The van der Waals surface area contributed by atoms with Crippen molar-refractivity contribution in [1.29, 1.82) is 0 Å². The molecule has 0 rings (SSSR count). The van der Waals surface area contributed by atoms with Gasteiger partial charge in [-0.3, -0.25) is 0 Å². The Balaban J connectivity index is 4.10. The van der Waals surface area contributed by atoms with E-state index >= 15 is 0 Å². The molecule has 0 saturated carbocycles. The lowest BCUT2D eigenvalue weighted by molar-refractivity contribution is 0.375. The summed E-state index contributed by atoms with van der Waals surface area (Å²) in [6.07, 6.45) is 3.71. The monoisotopic (exact) mass is 188 g/mol. The number of allylic oxidation sites excluding steroid dienone is 4. The Morgan fingerprint density at radius 3 is 2.46 bits per heavy atom. The fourth-order valence-electron chi connectivity index (χ4n) is 0.990. The second-order valence-corrected chi connectivity index (χ2v) is 3.11. The smallest absolute Gasteiger partial charge is 0.119 e. The molecule has 76 valence electrons. The molecule has 1 unspecified atom stereocenters. The Labute approximate surface area is 79.3 Å². The maximum atomic E-state index is 12.9. The lowest BCUT2D eigenvalue weighted by Crippen LogP contribution is -1.93. The van der Waals surface area contributed by atoms with E-state index in [0.29, 0.717) is 18.4 Å². The fraction of sp³-hybridized carbons (Fsp3) is 0.636. The summed E-state index contributed by atoms with van der Waals surface area (Å²) in [6.45, 7) is 5.33. The first-order chi connectivity index (χ1) is 6.11. The number of rotatable bonds is 5. The molecule has 0 aromatic rings. The van der Waals surface area contributed by atoms with Gasteiger partial charge in [0.1, 0.15) is 12.0 Å².